The molecule has 2 rings (SSSR count). The Kier molecular flexibility index (Phi) is 6.17. The number of nitrogens with two attached hydrogens (primary N) is 1. The molecule has 116 valence electrons. The number of nitrogens with one attached hydrogen (secondary N) is 1. The minimum absolute atomic E-state index is 0.0612. The first kappa shape index (κ1) is 15.9. The van der Waals surface area contributed by atoms with E-state index in [2.05, 4.69) is 15.1 Å². The van der Waals surface area contributed by atoms with Gasteiger partial charge in [-0.1, -0.05) is 17.7 Å². The van der Waals surface area contributed by atoms with Gasteiger partial charge in [0.1, 0.15) is 0 Å². The van der Waals surface area contributed by atoms with Gasteiger partial charge in [0.25, 0.3) is 0 Å². The van der Waals surface area contributed by atoms with Crippen molar-refractivity contribution >= 4 is 11.6 Å². The first-order valence-corrected chi connectivity index (χ1v) is 7.68. The van der Waals surface area contributed by atoms with Crippen molar-refractivity contribution in [3.05, 3.63) is 29.8 Å². The van der Waals surface area contributed by atoms with Crippen molar-refractivity contribution in [3.8, 4) is 0 Å². The lowest BCUT2D eigenvalue weighted by Gasteiger charge is -2.20. The molecule has 3 N–H and O–H groups in total. The number of hydrogen-bond donors (Lipinski definition) is 2. The zero-order valence-electron chi connectivity index (χ0n) is 12.8. The average Bonchev–Trinajstić information content (AvgIpc) is 2.67. The van der Waals surface area contributed by atoms with E-state index in [-0.39, 0.29) is 5.91 Å². The van der Waals surface area contributed by atoms with E-state index >= 15 is 0 Å². The van der Waals surface area contributed by atoms with E-state index in [1.54, 1.807) is 0 Å². The number of benzene rings is 1. The van der Waals surface area contributed by atoms with Gasteiger partial charge in [0, 0.05) is 31.9 Å². The number of hydrogen-bond acceptors (Lipinski definition) is 4. The Morgan fingerprint density at radius 3 is 2.52 bits per heavy atom. The predicted octanol–water partition coefficient (Wildman–Crippen LogP) is 0.900. The van der Waals surface area contributed by atoms with E-state index in [0.717, 1.165) is 44.8 Å². The molecule has 1 heterocycles. The molecule has 0 aliphatic carbocycles. The third kappa shape index (κ3) is 5.46. The molecule has 0 aromatic heterocycles. The smallest absolute Gasteiger partial charge is 0.238 e. The number of carbonyl (C=O) groups is 1. The summed E-state index contributed by atoms with van der Waals surface area (Å²) in [6.45, 7) is 8.13. The normalized spacial score (nSPS) is 17.4. The van der Waals surface area contributed by atoms with Gasteiger partial charge < -0.3 is 16.0 Å². The molecule has 5 nitrogen and oxygen atoms in total. The Morgan fingerprint density at radius 1 is 1.14 bits per heavy atom. The maximum Gasteiger partial charge on any atom is 0.238 e. The van der Waals surface area contributed by atoms with Gasteiger partial charge >= 0.3 is 0 Å². The number of carbonyl (C=O) groups excluding carboxylic acids is 1. The summed E-state index contributed by atoms with van der Waals surface area (Å²) in [6, 6.07) is 7.90. The molecule has 0 radical (unpaired) electrons. The molecule has 1 saturated heterocycles. The summed E-state index contributed by atoms with van der Waals surface area (Å²) in [5, 5.41) is 2.96. The fraction of sp³-hybridized carbons (Fsp3) is 0.562. The largest absolute Gasteiger partial charge is 0.329 e. The third-order valence-corrected chi connectivity index (χ3v) is 3.83. The number of rotatable bonds is 5. The van der Waals surface area contributed by atoms with Gasteiger partial charge in [-0.25, -0.2) is 0 Å². The van der Waals surface area contributed by atoms with Crippen molar-refractivity contribution in [2.24, 2.45) is 5.73 Å². The summed E-state index contributed by atoms with van der Waals surface area (Å²) in [7, 11) is 0. The highest BCUT2D eigenvalue weighted by Gasteiger charge is 2.16. The molecule has 0 unspecified atom stereocenters. The Balaban J connectivity index is 1.78. The van der Waals surface area contributed by atoms with Gasteiger partial charge in [0.15, 0.2) is 0 Å². The Hall–Kier alpha value is -1.43. The van der Waals surface area contributed by atoms with Gasteiger partial charge in [0.05, 0.1) is 6.54 Å². The van der Waals surface area contributed by atoms with E-state index in [0.29, 0.717) is 13.1 Å². The third-order valence-electron chi connectivity index (χ3n) is 3.83. The van der Waals surface area contributed by atoms with Crippen LogP contribution in [-0.4, -0.2) is 61.5 Å². The molecule has 5 heteroatoms. The molecule has 1 aliphatic rings. The number of aryl methyl sites for hydroxylation is 1. The standard InChI is InChI=1S/C16H26N4O/c1-14-3-5-15(6-4-14)18-16(21)13-20-9-2-8-19(10-7-17)11-12-20/h3-6H,2,7-13,17H2,1H3,(H,18,21). The van der Waals surface area contributed by atoms with Crippen molar-refractivity contribution in [2.45, 2.75) is 13.3 Å². The molecular formula is C16H26N4O. The minimum Gasteiger partial charge on any atom is -0.329 e. The fourth-order valence-corrected chi connectivity index (χ4v) is 2.63. The summed E-state index contributed by atoms with van der Waals surface area (Å²) in [6.07, 6.45) is 1.10. The van der Waals surface area contributed by atoms with Crippen LogP contribution in [0, 0.1) is 6.92 Å². The number of nitrogens with zero attached hydrogens (tertiary/aromatic N) is 2. The Bertz CT molecular complexity index is 446. The highest BCUT2D eigenvalue weighted by atomic mass is 16.2. The lowest BCUT2D eigenvalue weighted by atomic mass is 10.2. The highest BCUT2D eigenvalue weighted by molar-refractivity contribution is 5.92. The highest BCUT2D eigenvalue weighted by Crippen LogP contribution is 2.09. The predicted molar refractivity (Wildman–Crippen MR) is 86.4 cm³/mol. The number of amides is 1. The minimum atomic E-state index is 0.0612. The van der Waals surface area contributed by atoms with Crippen LogP contribution >= 0.6 is 0 Å². The lowest BCUT2D eigenvalue weighted by molar-refractivity contribution is -0.117. The fourth-order valence-electron chi connectivity index (χ4n) is 2.63. The van der Waals surface area contributed by atoms with Crippen molar-refractivity contribution < 1.29 is 4.79 Å². The molecule has 0 saturated carbocycles. The molecular weight excluding hydrogens is 264 g/mol. The van der Waals surface area contributed by atoms with Crippen molar-refractivity contribution in [3.63, 3.8) is 0 Å². The molecule has 1 aromatic carbocycles. The van der Waals surface area contributed by atoms with E-state index in [1.807, 2.05) is 31.2 Å². The second-order valence-electron chi connectivity index (χ2n) is 5.67. The summed E-state index contributed by atoms with van der Waals surface area (Å²) < 4.78 is 0. The summed E-state index contributed by atoms with van der Waals surface area (Å²) in [5.74, 6) is 0.0612. The van der Waals surface area contributed by atoms with Crippen molar-refractivity contribution in [1.82, 2.24) is 9.80 Å². The average molecular weight is 290 g/mol. The second-order valence-corrected chi connectivity index (χ2v) is 5.67. The Morgan fingerprint density at radius 2 is 1.81 bits per heavy atom. The van der Waals surface area contributed by atoms with Crippen LogP contribution < -0.4 is 11.1 Å². The maximum atomic E-state index is 12.1. The van der Waals surface area contributed by atoms with Crippen LogP contribution in [0.2, 0.25) is 0 Å². The summed E-state index contributed by atoms with van der Waals surface area (Å²) in [5.41, 5.74) is 7.66. The second kappa shape index (κ2) is 8.12. The zero-order valence-corrected chi connectivity index (χ0v) is 12.8. The molecule has 1 fully saturated rings. The summed E-state index contributed by atoms with van der Waals surface area (Å²) >= 11 is 0. The monoisotopic (exact) mass is 290 g/mol. The molecule has 21 heavy (non-hydrogen) atoms. The lowest BCUT2D eigenvalue weighted by Crippen LogP contribution is -2.37. The molecule has 0 atom stereocenters. The quantitative estimate of drug-likeness (QED) is 0.846. The molecule has 0 spiro atoms. The molecule has 1 aromatic rings. The van der Waals surface area contributed by atoms with Crippen LogP contribution in [0.1, 0.15) is 12.0 Å². The van der Waals surface area contributed by atoms with E-state index in [1.165, 1.54) is 5.56 Å². The van der Waals surface area contributed by atoms with Crippen LogP contribution in [0.3, 0.4) is 0 Å². The van der Waals surface area contributed by atoms with E-state index in [9.17, 15) is 4.79 Å². The topological polar surface area (TPSA) is 61.6 Å². The van der Waals surface area contributed by atoms with Gasteiger partial charge in [-0.05, 0) is 38.6 Å². The van der Waals surface area contributed by atoms with Crippen LogP contribution in [0.25, 0.3) is 0 Å². The van der Waals surface area contributed by atoms with Gasteiger partial charge in [-0.15, -0.1) is 0 Å². The van der Waals surface area contributed by atoms with E-state index < -0.39 is 0 Å². The van der Waals surface area contributed by atoms with Crippen LogP contribution in [-0.2, 0) is 4.79 Å². The van der Waals surface area contributed by atoms with Gasteiger partial charge in [0.2, 0.25) is 5.91 Å². The van der Waals surface area contributed by atoms with Crippen LogP contribution in [0.5, 0.6) is 0 Å². The first-order chi connectivity index (χ1) is 10.2. The van der Waals surface area contributed by atoms with E-state index in [4.69, 9.17) is 5.73 Å². The molecule has 1 amide bonds. The maximum absolute atomic E-state index is 12.1. The van der Waals surface area contributed by atoms with Gasteiger partial charge in [-0.3, -0.25) is 9.69 Å². The van der Waals surface area contributed by atoms with Crippen LogP contribution in [0.15, 0.2) is 24.3 Å². The zero-order chi connectivity index (χ0) is 15.1. The summed E-state index contributed by atoms with van der Waals surface area (Å²) in [4.78, 5) is 16.7. The first-order valence-electron chi connectivity index (χ1n) is 7.68. The molecule has 0 bridgehead atoms. The molecule has 1 aliphatic heterocycles. The SMILES string of the molecule is Cc1ccc(NC(=O)CN2CCCN(CCN)CC2)cc1. The van der Waals surface area contributed by atoms with Crippen molar-refractivity contribution in [2.75, 3.05) is 51.1 Å². The Labute approximate surface area is 127 Å². The number of anilines is 1. The van der Waals surface area contributed by atoms with Crippen LogP contribution in [0.4, 0.5) is 5.69 Å². The van der Waals surface area contributed by atoms with Gasteiger partial charge in [-0.2, -0.15) is 0 Å². The van der Waals surface area contributed by atoms with Crippen molar-refractivity contribution in [1.29, 1.82) is 0 Å².